The number of nitrogens with one attached hydrogen (secondary N) is 1. The number of Topliss-reactive ketones (excluding diaryl/α,β-unsaturated/α-hetero) is 1. The van der Waals surface area contributed by atoms with Crippen LogP contribution in [-0.2, 0) is 21.3 Å². The maximum absolute atomic E-state index is 13.6. The van der Waals surface area contributed by atoms with Gasteiger partial charge in [0.25, 0.3) is 5.56 Å². The summed E-state index contributed by atoms with van der Waals surface area (Å²) in [4.78, 5) is 27.4. The van der Waals surface area contributed by atoms with Crippen molar-refractivity contribution in [3.05, 3.63) is 63.9 Å². The van der Waals surface area contributed by atoms with Crippen LogP contribution in [0.15, 0.2) is 52.2 Å². The minimum Gasteiger partial charge on any atom is -0.486 e. The molecular formula is C25H26N2O7S. The number of nitrogens with zero attached hydrogens (tertiary/aromatic N) is 1. The molecule has 1 saturated heterocycles. The molecule has 184 valence electrons. The minimum absolute atomic E-state index is 0.0531. The van der Waals surface area contributed by atoms with Gasteiger partial charge in [-0.1, -0.05) is 12.1 Å². The fourth-order valence-electron chi connectivity index (χ4n) is 4.37. The quantitative estimate of drug-likeness (QED) is 0.498. The van der Waals surface area contributed by atoms with E-state index in [4.69, 9.17) is 14.2 Å². The van der Waals surface area contributed by atoms with Gasteiger partial charge in [0.2, 0.25) is 10.0 Å². The highest BCUT2D eigenvalue weighted by Crippen LogP contribution is 2.34. The molecule has 0 radical (unpaired) electrons. The van der Waals surface area contributed by atoms with Crippen LogP contribution in [0.25, 0.3) is 10.9 Å². The van der Waals surface area contributed by atoms with E-state index in [1.807, 2.05) is 0 Å². The Morgan fingerprint density at radius 3 is 2.43 bits per heavy atom. The third-order valence-electron chi connectivity index (χ3n) is 6.26. The van der Waals surface area contributed by atoms with E-state index in [9.17, 15) is 18.0 Å². The van der Waals surface area contributed by atoms with Gasteiger partial charge in [0.15, 0.2) is 17.3 Å². The van der Waals surface area contributed by atoms with Crippen molar-refractivity contribution in [3.63, 3.8) is 0 Å². The molecule has 35 heavy (non-hydrogen) atoms. The molecule has 0 saturated carbocycles. The average molecular weight is 499 g/mol. The summed E-state index contributed by atoms with van der Waals surface area (Å²) in [6.45, 7) is 2.86. The van der Waals surface area contributed by atoms with Crippen LogP contribution in [0.2, 0.25) is 0 Å². The van der Waals surface area contributed by atoms with Crippen LogP contribution >= 0.6 is 0 Å². The topological polar surface area (TPSA) is 115 Å². The van der Waals surface area contributed by atoms with Crippen molar-refractivity contribution in [3.8, 4) is 11.5 Å². The van der Waals surface area contributed by atoms with Gasteiger partial charge in [0, 0.05) is 42.3 Å². The van der Waals surface area contributed by atoms with Crippen molar-refractivity contribution in [1.29, 1.82) is 0 Å². The van der Waals surface area contributed by atoms with E-state index in [-0.39, 0.29) is 35.4 Å². The highest BCUT2D eigenvalue weighted by atomic mass is 32.2. The Morgan fingerprint density at radius 1 is 1.06 bits per heavy atom. The van der Waals surface area contributed by atoms with Crippen molar-refractivity contribution in [2.45, 2.75) is 37.3 Å². The van der Waals surface area contributed by atoms with Crippen LogP contribution in [0.1, 0.15) is 35.7 Å². The summed E-state index contributed by atoms with van der Waals surface area (Å²) in [6.07, 6.45) is 1.35. The number of rotatable bonds is 7. The summed E-state index contributed by atoms with van der Waals surface area (Å²) >= 11 is 0. The van der Waals surface area contributed by atoms with Crippen molar-refractivity contribution in [2.75, 3.05) is 26.4 Å². The van der Waals surface area contributed by atoms with Gasteiger partial charge < -0.3 is 19.2 Å². The van der Waals surface area contributed by atoms with Crippen LogP contribution in [-0.4, -0.2) is 56.0 Å². The van der Waals surface area contributed by atoms with Gasteiger partial charge in [-0.25, -0.2) is 8.42 Å². The van der Waals surface area contributed by atoms with Gasteiger partial charge in [0.05, 0.1) is 16.5 Å². The second kappa shape index (κ2) is 9.44. The zero-order valence-electron chi connectivity index (χ0n) is 19.3. The Kier molecular flexibility index (Phi) is 6.35. The lowest BCUT2D eigenvalue weighted by molar-refractivity contribution is 0.0925. The van der Waals surface area contributed by atoms with Gasteiger partial charge >= 0.3 is 0 Å². The van der Waals surface area contributed by atoms with E-state index in [1.165, 1.54) is 35.5 Å². The predicted molar refractivity (Wildman–Crippen MR) is 129 cm³/mol. The lowest BCUT2D eigenvalue weighted by Gasteiger charge is -2.25. The van der Waals surface area contributed by atoms with E-state index >= 15 is 0 Å². The normalized spacial score (nSPS) is 17.7. The number of ketones is 1. The van der Waals surface area contributed by atoms with Gasteiger partial charge in [0.1, 0.15) is 13.2 Å². The van der Waals surface area contributed by atoms with E-state index in [0.717, 1.165) is 12.8 Å². The highest BCUT2D eigenvalue weighted by Gasteiger charge is 2.30. The predicted octanol–water partition coefficient (Wildman–Crippen LogP) is 2.87. The van der Waals surface area contributed by atoms with Crippen LogP contribution in [0, 0.1) is 0 Å². The number of H-pyrrole nitrogens is 1. The molecule has 1 atom stereocenters. The van der Waals surface area contributed by atoms with Crippen molar-refractivity contribution < 1.29 is 27.4 Å². The monoisotopic (exact) mass is 498 g/mol. The third kappa shape index (κ3) is 4.82. The van der Waals surface area contributed by atoms with E-state index in [1.54, 1.807) is 18.2 Å². The van der Waals surface area contributed by atoms with Crippen LogP contribution in [0.4, 0.5) is 0 Å². The fraction of sp³-hybridized carbons (Fsp3) is 0.360. The summed E-state index contributed by atoms with van der Waals surface area (Å²) in [7, 11) is -3.97. The van der Waals surface area contributed by atoms with Crippen molar-refractivity contribution >= 4 is 26.7 Å². The van der Waals surface area contributed by atoms with Gasteiger partial charge in [-0.15, -0.1) is 0 Å². The SMILES string of the molecule is CC(=O)c1ccc(S(=O)(=O)N(Cc2cc3cc4c(cc3[nH]c2=O)OCCO4)C[C@@H]2CCCO2)cc1. The Hall–Kier alpha value is -3.21. The van der Waals surface area contributed by atoms with Crippen LogP contribution < -0.4 is 15.0 Å². The summed E-state index contributed by atoms with van der Waals surface area (Å²) < 4.78 is 45.4. The van der Waals surface area contributed by atoms with Gasteiger partial charge in [-0.05, 0) is 44.0 Å². The maximum atomic E-state index is 13.6. The number of carbonyl (C=O) groups is 1. The zero-order chi connectivity index (χ0) is 24.6. The molecule has 0 spiro atoms. The first-order valence-corrected chi connectivity index (χ1v) is 12.9. The fourth-order valence-corrected chi connectivity index (χ4v) is 5.82. The summed E-state index contributed by atoms with van der Waals surface area (Å²) in [6, 6.07) is 11.0. The number of benzene rings is 2. The molecule has 0 amide bonds. The average Bonchev–Trinajstić information content (AvgIpc) is 3.36. The first kappa shape index (κ1) is 23.5. The summed E-state index contributed by atoms with van der Waals surface area (Å²) in [5, 5.41) is 0.712. The van der Waals surface area contributed by atoms with Crippen molar-refractivity contribution in [2.24, 2.45) is 0 Å². The van der Waals surface area contributed by atoms with Gasteiger partial charge in [-0.2, -0.15) is 4.31 Å². The lowest BCUT2D eigenvalue weighted by Crippen LogP contribution is -2.38. The smallest absolute Gasteiger partial charge is 0.252 e. The molecule has 3 heterocycles. The molecule has 2 aliphatic rings. The first-order chi connectivity index (χ1) is 16.8. The Bertz CT molecular complexity index is 1420. The Morgan fingerprint density at radius 2 is 1.77 bits per heavy atom. The Balaban J connectivity index is 1.51. The molecule has 10 heteroatoms. The molecule has 5 rings (SSSR count). The van der Waals surface area contributed by atoms with Crippen LogP contribution in [0.5, 0.6) is 11.5 Å². The lowest BCUT2D eigenvalue weighted by atomic mass is 10.1. The molecule has 2 aliphatic heterocycles. The molecule has 1 fully saturated rings. The van der Waals surface area contributed by atoms with E-state index in [0.29, 0.717) is 53.3 Å². The molecule has 3 aromatic rings. The molecule has 0 unspecified atom stereocenters. The van der Waals surface area contributed by atoms with Crippen LogP contribution in [0.3, 0.4) is 0 Å². The summed E-state index contributed by atoms with van der Waals surface area (Å²) in [5.74, 6) is 0.990. The standard InChI is InChI=1S/C25H26N2O7S/c1-16(28)17-4-6-21(7-5-17)35(30,31)27(15-20-3-2-8-32-20)14-19-11-18-12-23-24(34-10-9-33-23)13-22(18)26-25(19)29/h4-7,11-13,20H,2-3,8-10,14-15H2,1H3,(H,26,29)/t20-/m0/s1. The molecule has 1 aromatic heterocycles. The molecule has 1 N–H and O–H groups in total. The molecule has 0 bridgehead atoms. The number of aromatic amines is 1. The first-order valence-electron chi connectivity index (χ1n) is 11.5. The maximum Gasteiger partial charge on any atom is 0.252 e. The zero-order valence-corrected chi connectivity index (χ0v) is 20.1. The highest BCUT2D eigenvalue weighted by molar-refractivity contribution is 7.89. The largest absolute Gasteiger partial charge is 0.486 e. The van der Waals surface area contributed by atoms with Gasteiger partial charge in [-0.3, -0.25) is 9.59 Å². The number of ether oxygens (including phenoxy) is 3. The number of hydrogen-bond donors (Lipinski definition) is 1. The van der Waals surface area contributed by atoms with E-state index < -0.39 is 10.0 Å². The Labute approximate surface area is 202 Å². The molecule has 2 aromatic carbocycles. The number of aromatic nitrogens is 1. The number of fused-ring (bicyclic) bond motifs is 2. The molecular weight excluding hydrogens is 472 g/mol. The second-order valence-corrected chi connectivity index (χ2v) is 10.7. The minimum atomic E-state index is -3.97. The summed E-state index contributed by atoms with van der Waals surface area (Å²) in [5.41, 5.74) is 0.927. The molecule has 0 aliphatic carbocycles. The number of pyridine rings is 1. The number of hydrogen-bond acceptors (Lipinski definition) is 7. The van der Waals surface area contributed by atoms with E-state index in [2.05, 4.69) is 4.98 Å². The third-order valence-corrected chi connectivity index (χ3v) is 8.09. The molecule has 9 nitrogen and oxygen atoms in total. The number of carbonyl (C=O) groups excluding carboxylic acids is 1. The van der Waals surface area contributed by atoms with Crippen molar-refractivity contribution in [1.82, 2.24) is 9.29 Å². The number of sulfonamides is 1. The second-order valence-electron chi connectivity index (χ2n) is 8.72.